The molecule has 1 amide bonds. The van der Waals surface area contributed by atoms with Gasteiger partial charge in [0.15, 0.2) is 0 Å². The van der Waals surface area contributed by atoms with E-state index >= 15 is 0 Å². The number of nitrogens with one attached hydrogen (secondary N) is 1. The lowest BCUT2D eigenvalue weighted by Crippen LogP contribution is -2.31. The number of hydrogen-bond acceptors (Lipinski definition) is 4. The van der Waals surface area contributed by atoms with Gasteiger partial charge in [-0.25, -0.2) is 18.1 Å². The van der Waals surface area contributed by atoms with Crippen LogP contribution in [0.15, 0.2) is 53.5 Å². The molecule has 7 nitrogen and oxygen atoms in total. The SMILES string of the molecule is Cc1nn(CC(=O)Nc2ccc(F)cc2F)c(=O)c2c1cnn2-c1cccc(Cl)c1. The first-order chi connectivity index (χ1) is 14.3. The summed E-state index contributed by atoms with van der Waals surface area (Å²) in [4.78, 5) is 25.4. The third kappa shape index (κ3) is 3.67. The Hall–Kier alpha value is -3.59. The number of amides is 1. The van der Waals surface area contributed by atoms with Gasteiger partial charge >= 0.3 is 0 Å². The number of carbonyl (C=O) groups is 1. The smallest absolute Gasteiger partial charge is 0.293 e. The zero-order valence-corrected chi connectivity index (χ0v) is 16.3. The van der Waals surface area contributed by atoms with E-state index < -0.39 is 29.6 Å². The molecule has 0 spiro atoms. The Morgan fingerprint density at radius 2 is 2.00 bits per heavy atom. The molecule has 2 heterocycles. The predicted molar refractivity (Wildman–Crippen MR) is 108 cm³/mol. The Balaban J connectivity index is 1.71. The van der Waals surface area contributed by atoms with Gasteiger partial charge in [0, 0.05) is 16.5 Å². The summed E-state index contributed by atoms with van der Waals surface area (Å²) in [6.07, 6.45) is 1.51. The zero-order valence-electron chi connectivity index (χ0n) is 15.6. The van der Waals surface area contributed by atoms with Gasteiger partial charge in [0.05, 0.1) is 23.3 Å². The summed E-state index contributed by atoms with van der Waals surface area (Å²) in [6, 6.07) is 9.58. The fourth-order valence-electron chi connectivity index (χ4n) is 3.05. The summed E-state index contributed by atoms with van der Waals surface area (Å²) < 4.78 is 29.2. The summed E-state index contributed by atoms with van der Waals surface area (Å²) in [5, 5.41) is 11.7. The third-order valence-electron chi connectivity index (χ3n) is 4.42. The van der Waals surface area contributed by atoms with Crippen LogP contribution >= 0.6 is 11.6 Å². The molecule has 4 rings (SSSR count). The fourth-order valence-corrected chi connectivity index (χ4v) is 3.23. The molecule has 0 bridgehead atoms. The lowest BCUT2D eigenvalue weighted by atomic mass is 10.2. The van der Waals surface area contributed by atoms with Crippen LogP contribution in [0.3, 0.4) is 0 Å². The Labute approximate surface area is 173 Å². The molecule has 2 aromatic heterocycles. The van der Waals surface area contributed by atoms with Crippen molar-refractivity contribution in [1.82, 2.24) is 19.6 Å². The van der Waals surface area contributed by atoms with Gasteiger partial charge in [-0.1, -0.05) is 17.7 Å². The van der Waals surface area contributed by atoms with Crippen molar-refractivity contribution in [3.63, 3.8) is 0 Å². The zero-order chi connectivity index (χ0) is 21.4. The van der Waals surface area contributed by atoms with Crippen LogP contribution in [0.2, 0.25) is 5.02 Å². The van der Waals surface area contributed by atoms with Crippen molar-refractivity contribution in [3.8, 4) is 5.69 Å². The number of hydrogen-bond donors (Lipinski definition) is 1. The van der Waals surface area contributed by atoms with Crippen LogP contribution in [0, 0.1) is 18.6 Å². The van der Waals surface area contributed by atoms with Crippen LogP contribution in [0.1, 0.15) is 5.69 Å². The minimum atomic E-state index is -0.922. The lowest BCUT2D eigenvalue weighted by Gasteiger charge is -2.10. The predicted octanol–water partition coefficient (Wildman–Crippen LogP) is 3.46. The number of fused-ring (bicyclic) bond motifs is 1. The van der Waals surface area contributed by atoms with Crippen molar-refractivity contribution in [2.75, 3.05) is 5.32 Å². The fraction of sp³-hybridized carbons (Fsp3) is 0.100. The van der Waals surface area contributed by atoms with Crippen LogP contribution in [0.25, 0.3) is 16.6 Å². The standard InChI is InChI=1S/C20H14ClF2N5O2/c1-11-15-9-24-28(14-4-2-3-12(21)7-14)19(15)20(30)27(26-11)10-18(29)25-17-6-5-13(22)8-16(17)23/h2-9H,10H2,1H3,(H,25,29). The molecule has 30 heavy (non-hydrogen) atoms. The summed E-state index contributed by atoms with van der Waals surface area (Å²) in [6.45, 7) is 1.22. The van der Waals surface area contributed by atoms with Crippen molar-refractivity contribution >= 4 is 34.1 Å². The number of benzene rings is 2. The van der Waals surface area contributed by atoms with E-state index in [1.807, 2.05) is 0 Å². The van der Waals surface area contributed by atoms with Gasteiger partial charge in [-0.05, 0) is 37.3 Å². The molecule has 0 aliphatic carbocycles. The van der Waals surface area contributed by atoms with Crippen molar-refractivity contribution in [3.05, 3.63) is 81.4 Å². The Bertz CT molecular complexity index is 1350. The minimum absolute atomic E-state index is 0.198. The topological polar surface area (TPSA) is 81.8 Å². The molecule has 0 aliphatic rings. The molecule has 1 N–H and O–H groups in total. The highest BCUT2D eigenvalue weighted by Gasteiger charge is 2.17. The van der Waals surface area contributed by atoms with Crippen LogP contribution in [-0.2, 0) is 11.3 Å². The van der Waals surface area contributed by atoms with Gasteiger partial charge in [0.1, 0.15) is 23.7 Å². The van der Waals surface area contributed by atoms with E-state index in [1.165, 1.54) is 10.9 Å². The van der Waals surface area contributed by atoms with E-state index in [4.69, 9.17) is 11.6 Å². The van der Waals surface area contributed by atoms with Gasteiger partial charge in [0.25, 0.3) is 5.56 Å². The third-order valence-corrected chi connectivity index (χ3v) is 4.65. The van der Waals surface area contributed by atoms with E-state index in [0.29, 0.717) is 27.9 Å². The highest BCUT2D eigenvalue weighted by atomic mass is 35.5. The summed E-state index contributed by atoms with van der Waals surface area (Å²) in [5.74, 6) is -2.38. The first-order valence-electron chi connectivity index (χ1n) is 8.80. The Kier molecular flexibility index (Phi) is 5.04. The normalized spacial score (nSPS) is 11.1. The van der Waals surface area contributed by atoms with Crippen LogP contribution in [0.4, 0.5) is 14.5 Å². The van der Waals surface area contributed by atoms with Crippen molar-refractivity contribution in [1.29, 1.82) is 0 Å². The highest BCUT2D eigenvalue weighted by molar-refractivity contribution is 6.30. The van der Waals surface area contributed by atoms with Crippen LogP contribution < -0.4 is 10.9 Å². The van der Waals surface area contributed by atoms with E-state index in [2.05, 4.69) is 15.5 Å². The average molecular weight is 430 g/mol. The lowest BCUT2D eigenvalue weighted by molar-refractivity contribution is -0.117. The second-order valence-corrected chi connectivity index (χ2v) is 6.96. The molecular weight excluding hydrogens is 416 g/mol. The second kappa shape index (κ2) is 7.68. The Morgan fingerprint density at radius 3 is 2.73 bits per heavy atom. The molecule has 2 aromatic carbocycles. The molecule has 10 heteroatoms. The highest BCUT2D eigenvalue weighted by Crippen LogP contribution is 2.20. The first kappa shape index (κ1) is 19.7. The monoisotopic (exact) mass is 429 g/mol. The van der Waals surface area contributed by atoms with Gasteiger partial charge in [-0.15, -0.1) is 0 Å². The molecule has 0 fully saturated rings. The number of aryl methyl sites for hydroxylation is 1. The summed E-state index contributed by atoms with van der Waals surface area (Å²) >= 11 is 6.04. The van der Waals surface area contributed by atoms with Gasteiger partial charge in [0.2, 0.25) is 5.91 Å². The molecule has 4 aromatic rings. The quantitative estimate of drug-likeness (QED) is 0.538. The largest absolute Gasteiger partial charge is 0.322 e. The number of nitrogens with zero attached hydrogens (tertiary/aromatic N) is 4. The van der Waals surface area contributed by atoms with Crippen molar-refractivity contribution < 1.29 is 13.6 Å². The number of carbonyl (C=O) groups excluding carboxylic acids is 1. The Morgan fingerprint density at radius 1 is 1.20 bits per heavy atom. The minimum Gasteiger partial charge on any atom is -0.322 e. The summed E-state index contributed by atoms with van der Waals surface area (Å²) in [7, 11) is 0. The molecule has 0 atom stereocenters. The summed E-state index contributed by atoms with van der Waals surface area (Å²) in [5.41, 5.74) is 0.535. The maximum Gasteiger partial charge on any atom is 0.293 e. The number of halogens is 3. The molecule has 0 radical (unpaired) electrons. The van der Waals surface area contributed by atoms with E-state index in [9.17, 15) is 18.4 Å². The maximum absolute atomic E-state index is 13.8. The molecule has 152 valence electrons. The van der Waals surface area contributed by atoms with E-state index in [0.717, 1.165) is 16.8 Å². The van der Waals surface area contributed by atoms with Gasteiger partial charge < -0.3 is 5.32 Å². The number of anilines is 1. The van der Waals surface area contributed by atoms with Crippen LogP contribution in [-0.4, -0.2) is 25.5 Å². The van der Waals surface area contributed by atoms with Gasteiger partial charge in [-0.2, -0.15) is 10.2 Å². The average Bonchev–Trinajstić information content (AvgIpc) is 3.14. The molecule has 0 aliphatic heterocycles. The number of rotatable bonds is 4. The molecule has 0 unspecified atom stereocenters. The van der Waals surface area contributed by atoms with Crippen molar-refractivity contribution in [2.24, 2.45) is 0 Å². The van der Waals surface area contributed by atoms with E-state index in [-0.39, 0.29) is 11.2 Å². The molecule has 0 saturated carbocycles. The first-order valence-corrected chi connectivity index (χ1v) is 9.17. The van der Waals surface area contributed by atoms with Crippen LogP contribution in [0.5, 0.6) is 0 Å². The molecular formula is C20H14ClF2N5O2. The maximum atomic E-state index is 13.8. The molecule has 0 saturated heterocycles. The van der Waals surface area contributed by atoms with E-state index in [1.54, 1.807) is 31.2 Å². The number of aromatic nitrogens is 4. The second-order valence-electron chi connectivity index (χ2n) is 6.52. The van der Waals surface area contributed by atoms with Gasteiger partial charge in [-0.3, -0.25) is 9.59 Å². The van der Waals surface area contributed by atoms with Crippen molar-refractivity contribution in [2.45, 2.75) is 13.5 Å².